The van der Waals surface area contributed by atoms with Crippen molar-refractivity contribution < 1.29 is 0 Å². The summed E-state index contributed by atoms with van der Waals surface area (Å²) in [5.74, 6) is 0.735. The molecule has 0 unspecified atom stereocenters. The molecule has 0 aliphatic rings. The summed E-state index contributed by atoms with van der Waals surface area (Å²) < 4.78 is 7.38. The predicted molar refractivity (Wildman–Crippen MR) is 193 cm³/mol. The number of para-hydroxylation sites is 1. The van der Waals surface area contributed by atoms with E-state index < -0.39 is 0 Å². The van der Waals surface area contributed by atoms with Crippen molar-refractivity contribution in [2.45, 2.75) is 0 Å². The second-order valence-corrected chi connectivity index (χ2v) is 13.5. The van der Waals surface area contributed by atoms with Crippen molar-refractivity contribution in [2.75, 3.05) is 0 Å². The molecule has 0 aliphatic carbocycles. The summed E-state index contributed by atoms with van der Waals surface area (Å²) in [6, 6.07) is 49.8. The standard InChI is InChI=1S/C40H23N3S2/c1-2-11-24(12-3-1)37-39-38(29-17-6-9-20-33(29)45-39)42-40(41-37)25-13-10-14-26(23-25)43-30-18-7-4-15-27(30)35-31(43)21-22-34-36(35)28-16-5-8-19-32(28)44-34/h1-23H. The van der Waals surface area contributed by atoms with Crippen molar-refractivity contribution in [3.8, 4) is 28.3 Å². The first kappa shape index (κ1) is 25.0. The molecule has 0 N–H and O–H groups in total. The van der Waals surface area contributed by atoms with Gasteiger partial charge in [-0.05, 0) is 42.5 Å². The Balaban J connectivity index is 1.24. The molecular formula is C40H23N3S2. The number of rotatable bonds is 3. The molecule has 0 aliphatic heterocycles. The maximum atomic E-state index is 5.24. The summed E-state index contributed by atoms with van der Waals surface area (Å²) in [6.45, 7) is 0. The molecule has 4 aromatic heterocycles. The molecular weight excluding hydrogens is 587 g/mol. The van der Waals surface area contributed by atoms with Crippen LogP contribution < -0.4 is 0 Å². The Morgan fingerprint density at radius 2 is 1.18 bits per heavy atom. The lowest BCUT2D eigenvalue weighted by atomic mass is 10.1. The molecule has 0 atom stereocenters. The van der Waals surface area contributed by atoms with Gasteiger partial charge in [0.25, 0.3) is 0 Å². The lowest BCUT2D eigenvalue weighted by Crippen LogP contribution is -1.97. The summed E-state index contributed by atoms with van der Waals surface area (Å²) in [5.41, 5.74) is 7.57. The third kappa shape index (κ3) is 3.69. The first-order chi connectivity index (χ1) is 22.3. The first-order valence-corrected chi connectivity index (χ1v) is 16.6. The third-order valence-corrected chi connectivity index (χ3v) is 11.1. The SMILES string of the molecule is c1ccc(-c2nc(-c3cccc(-n4c5ccccc5c5c6c(ccc54)sc4ccccc46)c3)nc3c2sc2ccccc23)cc1. The van der Waals surface area contributed by atoms with Crippen LogP contribution in [-0.4, -0.2) is 14.5 Å². The van der Waals surface area contributed by atoms with Gasteiger partial charge < -0.3 is 4.57 Å². The highest BCUT2D eigenvalue weighted by Gasteiger charge is 2.19. The maximum Gasteiger partial charge on any atom is 0.160 e. The lowest BCUT2D eigenvalue weighted by Gasteiger charge is -2.11. The Labute approximate surface area is 266 Å². The molecule has 10 rings (SSSR count). The van der Waals surface area contributed by atoms with E-state index in [1.165, 1.54) is 52.1 Å². The molecule has 0 spiro atoms. The molecule has 3 nitrogen and oxygen atoms in total. The molecule has 6 aromatic carbocycles. The van der Waals surface area contributed by atoms with E-state index in [-0.39, 0.29) is 0 Å². The number of thiophene rings is 2. The Morgan fingerprint density at radius 3 is 2.04 bits per heavy atom. The van der Waals surface area contributed by atoms with Crippen molar-refractivity contribution in [1.29, 1.82) is 0 Å². The Hall–Kier alpha value is -5.36. The van der Waals surface area contributed by atoms with Gasteiger partial charge in [-0.15, -0.1) is 22.7 Å². The molecule has 0 fully saturated rings. The van der Waals surface area contributed by atoms with E-state index in [0.717, 1.165) is 38.5 Å². The number of hydrogen-bond acceptors (Lipinski definition) is 4. The second kappa shape index (κ2) is 9.57. The Bertz CT molecular complexity index is 2770. The Kier molecular flexibility index (Phi) is 5.32. The van der Waals surface area contributed by atoms with E-state index in [4.69, 9.17) is 9.97 Å². The van der Waals surface area contributed by atoms with Crippen LogP contribution in [0.5, 0.6) is 0 Å². The fourth-order valence-electron chi connectivity index (χ4n) is 6.85. The smallest absolute Gasteiger partial charge is 0.160 e. The normalized spacial score (nSPS) is 12.0. The number of nitrogens with zero attached hydrogens (tertiary/aromatic N) is 3. The average Bonchev–Trinajstić information content (AvgIpc) is 3.77. The number of aromatic nitrogens is 3. The van der Waals surface area contributed by atoms with Crippen LogP contribution in [0.3, 0.4) is 0 Å². The van der Waals surface area contributed by atoms with Crippen LogP contribution in [0.2, 0.25) is 0 Å². The number of benzene rings is 6. The monoisotopic (exact) mass is 609 g/mol. The van der Waals surface area contributed by atoms with Gasteiger partial charge in [-0.25, -0.2) is 9.97 Å². The van der Waals surface area contributed by atoms with Gasteiger partial charge in [-0.2, -0.15) is 0 Å². The quantitative estimate of drug-likeness (QED) is 0.199. The second-order valence-electron chi connectivity index (χ2n) is 11.4. The molecule has 4 heterocycles. The van der Waals surface area contributed by atoms with E-state index in [1.54, 1.807) is 11.3 Å². The van der Waals surface area contributed by atoms with Crippen LogP contribution >= 0.6 is 22.7 Å². The largest absolute Gasteiger partial charge is 0.309 e. The number of hydrogen-bond donors (Lipinski definition) is 0. The zero-order valence-electron chi connectivity index (χ0n) is 23.9. The van der Waals surface area contributed by atoms with Crippen LogP contribution in [0.15, 0.2) is 140 Å². The lowest BCUT2D eigenvalue weighted by molar-refractivity contribution is 1.17. The van der Waals surface area contributed by atoms with Crippen LogP contribution in [0, 0.1) is 0 Å². The summed E-state index contributed by atoms with van der Waals surface area (Å²) in [6.07, 6.45) is 0. The highest BCUT2D eigenvalue weighted by Crippen LogP contribution is 2.44. The summed E-state index contributed by atoms with van der Waals surface area (Å²) in [7, 11) is 0. The molecule has 5 heteroatoms. The van der Waals surface area contributed by atoms with Crippen LogP contribution in [0.25, 0.3) is 90.6 Å². The molecule has 0 saturated heterocycles. The highest BCUT2D eigenvalue weighted by atomic mass is 32.1. The van der Waals surface area contributed by atoms with E-state index in [2.05, 4.69) is 144 Å². The van der Waals surface area contributed by atoms with Crippen molar-refractivity contribution in [2.24, 2.45) is 0 Å². The molecule has 210 valence electrons. The van der Waals surface area contributed by atoms with Gasteiger partial charge in [0.05, 0.1) is 26.9 Å². The molecule has 0 saturated carbocycles. The summed E-state index contributed by atoms with van der Waals surface area (Å²) in [5, 5.41) is 6.40. The van der Waals surface area contributed by atoms with Gasteiger partial charge in [0.1, 0.15) is 0 Å². The van der Waals surface area contributed by atoms with Gasteiger partial charge in [-0.1, -0.05) is 97.1 Å². The molecule has 0 bridgehead atoms. The van der Waals surface area contributed by atoms with Crippen LogP contribution in [-0.2, 0) is 0 Å². The van der Waals surface area contributed by atoms with Crippen molar-refractivity contribution in [1.82, 2.24) is 14.5 Å². The fraction of sp³-hybridized carbons (Fsp3) is 0. The zero-order valence-corrected chi connectivity index (χ0v) is 25.6. The van der Waals surface area contributed by atoms with Gasteiger partial charge in [-0.3, -0.25) is 0 Å². The molecule has 45 heavy (non-hydrogen) atoms. The molecule has 0 amide bonds. The fourth-order valence-corrected chi connectivity index (χ4v) is 9.12. The van der Waals surface area contributed by atoms with Crippen molar-refractivity contribution >= 4 is 85.0 Å². The third-order valence-electron chi connectivity index (χ3n) is 8.81. The van der Waals surface area contributed by atoms with Gasteiger partial charge in [0, 0.05) is 57.8 Å². The number of fused-ring (bicyclic) bond motifs is 10. The van der Waals surface area contributed by atoms with Gasteiger partial charge in [0.15, 0.2) is 5.82 Å². The van der Waals surface area contributed by atoms with Gasteiger partial charge >= 0.3 is 0 Å². The van der Waals surface area contributed by atoms with E-state index >= 15 is 0 Å². The van der Waals surface area contributed by atoms with E-state index in [0.29, 0.717) is 0 Å². The van der Waals surface area contributed by atoms with Crippen molar-refractivity contribution in [3.63, 3.8) is 0 Å². The zero-order chi connectivity index (χ0) is 29.5. The summed E-state index contributed by atoms with van der Waals surface area (Å²) in [4.78, 5) is 10.5. The molecule has 10 aromatic rings. The Morgan fingerprint density at radius 1 is 0.467 bits per heavy atom. The van der Waals surface area contributed by atoms with E-state index in [9.17, 15) is 0 Å². The van der Waals surface area contributed by atoms with Crippen molar-refractivity contribution in [3.05, 3.63) is 140 Å². The highest BCUT2D eigenvalue weighted by molar-refractivity contribution is 7.26. The summed E-state index contributed by atoms with van der Waals surface area (Å²) >= 11 is 3.63. The van der Waals surface area contributed by atoms with Crippen LogP contribution in [0.4, 0.5) is 0 Å². The predicted octanol–water partition coefficient (Wildman–Crippen LogP) is 11.6. The minimum atomic E-state index is 0.735. The minimum Gasteiger partial charge on any atom is -0.309 e. The first-order valence-electron chi connectivity index (χ1n) is 15.0. The average molecular weight is 610 g/mol. The minimum absolute atomic E-state index is 0.735. The maximum absolute atomic E-state index is 5.24. The topological polar surface area (TPSA) is 30.7 Å². The van der Waals surface area contributed by atoms with E-state index in [1.807, 2.05) is 11.3 Å². The van der Waals surface area contributed by atoms with Gasteiger partial charge in [0.2, 0.25) is 0 Å². The molecule has 0 radical (unpaired) electrons. The van der Waals surface area contributed by atoms with Crippen LogP contribution in [0.1, 0.15) is 0 Å².